The molecule has 1 N–H and O–H groups in total. The predicted molar refractivity (Wildman–Crippen MR) is 58.4 cm³/mol. The van der Waals surface area contributed by atoms with E-state index in [1.165, 1.54) is 0 Å². The van der Waals surface area contributed by atoms with E-state index in [0.29, 0.717) is 12.6 Å². The number of hydrogen-bond donors (Lipinski definition) is 1. The minimum atomic E-state index is 0.460. The average Bonchev–Trinajstić information content (AvgIpc) is 2.63. The largest absolute Gasteiger partial charge is 0.373 e. The zero-order chi connectivity index (χ0) is 11.1. The van der Waals surface area contributed by atoms with Crippen molar-refractivity contribution in [3.8, 4) is 0 Å². The van der Waals surface area contributed by atoms with Crippen molar-refractivity contribution in [1.82, 2.24) is 10.5 Å². The van der Waals surface area contributed by atoms with Crippen LogP contribution < -0.4 is 5.32 Å². The van der Waals surface area contributed by atoms with Gasteiger partial charge in [-0.2, -0.15) is 0 Å². The van der Waals surface area contributed by atoms with Crippen LogP contribution in [0.1, 0.15) is 38.6 Å². The van der Waals surface area contributed by atoms with Crippen LogP contribution in [-0.4, -0.2) is 17.8 Å². The monoisotopic (exact) mass is 212 g/mol. The first kappa shape index (κ1) is 12.2. The van der Waals surface area contributed by atoms with Crippen LogP contribution in [0.25, 0.3) is 0 Å². The smallest absolute Gasteiger partial charge is 0.162 e. The first-order valence-electron chi connectivity index (χ1n) is 5.48. The Labute approximate surface area is 91.0 Å². The quantitative estimate of drug-likeness (QED) is 0.703. The molecule has 0 amide bonds. The molecule has 86 valence electrons. The Hall–Kier alpha value is -0.870. The first-order chi connectivity index (χ1) is 7.22. The maximum atomic E-state index is 5.35. The summed E-state index contributed by atoms with van der Waals surface area (Å²) in [4.78, 5) is 0. The fourth-order valence-corrected chi connectivity index (χ4v) is 1.13. The SMILES string of the molecule is CCCOCc1cc(CNC(C)C)no1. The van der Waals surface area contributed by atoms with E-state index in [2.05, 4.69) is 31.2 Å². The minimum Gasteiger partial charge on any atom is -0.373 e. The van der Waals surface area contributed by atoms with Gasteiger partial charge in [0.15, 0.2) is 5.76 Å². The van der Waals surface area contributed by atoms with Gasteiger partial charge in [0.2, 0.25) is 0 Å². The summed E-state index contributed by atoms with van der Waals surface area (Å²) in [5.74, 6) is 0.795. The van der Waals surface area contributed by atoms with E-state index in [1.54, 1.807) is 0 Å². The van der Waals surface area contributed by atoms with Crippen LogP contribution in [0.4, 0.5) is 0 Å². The number of hydrogen-bond acceptors (Lipinski definition) is 4. The van der Waals surface area contributed by atoms with Crippen molar-refractivity contribution in [2.45, 2.75) is 46.4 Å². The molecule has 1 rings (SSSR count). The highest BCUT2D eigenvalue weighted by molar-refractivity contribution is 5.04. The average molecular weight is 212 g/mol. The van der Waals surface area contributed by atoms with E-state index in [0.717, 1.165) is 31.0 Å². The Balaban J connectivity index is 2.29. The van der Waals surface area contributed by atoms with Gasteiger partial charge in [-0.15, -0.1) is 0 Å². The van der Waals surface area contributed by atoms with Crippen LogP contribution in [-0.2, 0) is 17.9 Å². The lowest BCUT2D eigenvalue weighted by Crippen LogP contribution is -2.21. The van der Waals surface area contributed by atoms with E-state index in [1.807, 2.05) is 6.07 Å². The molecule has 4 nitrogen and oxygen atoms in total. The third kappa shape index (κ3) is 4.95. The second-order valence-corrected chi connectivity index (χ2v) is 3.87. The van der Waals surface area contributed by atoms with E-state index in [-0.39, 0.29) is 0 Å². The van der Waals surface area contributed by atoms with Crippen molar-refractivity contribution in [1.29, 1.82) is 0 Å². The van der Waals surface area contributed by atoms with Gasteiger partial charge in [0.25, 0.3) is 0 Å². The topological polar surface area (TPSA) is 47.3 Å². The Morgan fingerprint density at radius 3 is 3.00 bits per heavy atom. The number of nitrogens with zero attached hydrogens (tertiary/aromatic N) is 1. The molecular formula is C11H20N2O2. The fourth-order valence-electron chi connectivity index (χ4n) is 1.13. The minimum absolute atomic E-state index is 0.460. The summed E-state index contributed by atoms with van der Waals surface area (Å²) in [7, 11) is 0. The molecule has 0 spiro atoms. The van der Waals surface area contributed by atoms with Crippen LogP contribution in [0.5, 0.6) is 0 Å². The zero-order valence-corrected chi connectivity index (χ0v) is 9.75. The van der Waals surface area contributed by atoms with Gasteiger partial charge in [0.1, 0.15) is 6.61 Å². The van der Waals surface area contributed by atoms with Crippen LogP contribution >= 0.6 is 0 Å². The van der Waals surface area contributed by atoms with Gasteiger partial charge in [-0.1, -0.05) is 25.9 Å². The molecule has 0 bridgehead atoms. The van der Waals surface area contributed by atoms with Gasteiger partial charge in [0.05, 0.1) is 5.69 Å². The zero-order valence-electron chi connectivity index (χ0n) is 9.75. The molecule has 0 saturated heterocycles. The molecule has 0 aliphatic heterocycles. The van der Waals surface area contributed by atoms with Crippen molar-refractivity contribution in [3.63, 3.8) is 0 Å². The van der Waals surface area contributed by atoms with E-state index >= 15 is 0 Å². The molecule has 0 radical (unpaired) electrons. The number of nitrogens with one attached hydrogen (secondary N) is 1. The highest BCUT2D eigenvalue weighted by atomic mass is 16.5. The predicted octanol–water partition coefficient (Wildman–Crippen LogP) is 2.10. The van der Waals surface area contributed by atoms with Crippen molar-refractivity contribution in [3.05, 3.63) is 17.5 Å². The summed E-state index contributed by atoms with van der Waals surface area (Å²) in [5.41, 5.74) is 0.929. The molecule has 0 unspecified atom stereocenters. The standard InChI is InChI=1S/C11H20N2O2/c1-4-5-14-8-11-6-10(13-15-11)7-12-9(2)3/h6,9,12H,4-5,7-8H2,1-3H3. The maximum Gasteiger partial charge on any atom is 0.162 e. The van der Waals surface area contributed by atoms with Gasteiger partial charge in [-0.25, -0.2) is 0 Å². The normalized spacial score (nSPS) is 11.2. The third-order valence-corrected chi connectivity index (χ3v) is 1.89. The van der Waals surface area contributed by atoms with Gasteiger partial charge < -0.3 is 14.6 Å². The molecule has 0 atom stereocenters. The summed E-state index contributed by atoms with van der Waals surface area (Å²) in [6.07, 6.45) is 1.02. The summed E-state index contributed by atoms with van der Waals surface area (Å²) in [5, 5.41) is 7.23. The molecule has 0 aromatic carbocycles. The van der Waals surface area contributed by atoms with E-state index < -0.39 is 0 Å². The molecule has 1 aromatic rings. The molecule has 1 aromatic heterocycles. The number of rotatable bonds is 7. The summed E-state index contributed by atoms with van der Waals surface area (Å²) in [6.45, 7) is 8.31. The van der Waals surface area contributed by atoms with Crippen molar-refractivity contribution >= 4 is 0 Å². The van der Waals surface area contributed by atoms with Crippen molar-refractivity contribution in [2.75, 3.05) is 6.61 Å². The lowest BCUT2D eigenvalue weighted by atomic mass is 10.3. The Morgan fingerprint density at radius 2 is 2.33 bits per heavy atom. The lowest BCUT2D eigenvalue weighted by Gasteiger charge is -2.03. The molecule has 15 heavy (non-hydrogen) atoms. The Morgan fingerprint density at radius 1 is 1.53 bits per heavy atom. The van der Waals surface area contributed by atoms with Crippen LogP contribution in [0.3, 0.4) is 0 Å². The maximum absolute atomic E-state index is 5.35. The van der Waals surface area contributed by atoms with E-state index in [4.69, 9.17) is 9.26 Å². The lowest BCUT2D eigenvalue weighted by molar-refractivity contribution is 0.102. The highest BCUT2D eigenvalue weighted by Gasteiger charge is 2.04. The van der Waals surface area contributed by atoms with Crippen LogP contribution in [0.2, 0.25) is 0 Å². The van der Waals surface area contributed by atoms with Crippen LogP contribution in [0, 0.1) is 0 Å². The molecular weight excluding hydrogens is 192 g/mol. The van der Waals surface area contributed by atoms with Gasteiger partial charge >= 0.3 is 0 Å². The summed E-state index contributed by atoms with van der Waals surface area (Å²) >= 11 is 0. The summed E-state index contributed by atoms with van der Waals surface area (Å²) < 4.78 is 10.5. The second kappa shape index (κ2) is 6.58. The molecule has 0 saturated carbocycles. The molecule has 4 heteroatoms. The highest BCUT2D eigenvalue weighted by Crippen LogP contribution is 2.05. The fraction of sp³-hybridized carbons (Fsp3) is 0.727. The van der Waals surface area contributed by atoms with Crippen molar-refractivity contribution < 1.29 is 9.26 Å². The Bertz CT molecular complexity index is 271. The molecule has 0 fully saturated rings. The van der Waals surface area contributed by atoms with Gasteiger partial charge in [-0.05, 0) is 6.42 Å². The van der Waals surface area contributed by atoms with Gasteiger partial charge in [0, 0.05) is 25.3 Å². The van der Waals surface area contributed by atoms with Gasteiger partial charge in [-0.3, -0.25) is 0 Å². The second-order valence-electron chi connectivity index (χ2n) is 3.87. The van der Waals surface area contributed by atoms with Crippen molar-refractivity contribution in [2.24, 2.45) is 0 Å². The third-order valence-electron chi connectivity index (χ3n) is 1.89. The molecule has 0 aliphatic carbocycles. The van der Waals surface area contributed by atoms with Crippen LogP contribution in [0.15, 0.2) is 10.6 Å². The number of aromatic nitrogens is 1. The van der Waals surface area contributed by atoms with E-state index in [9.17, 15) is 0 Å². The first-order valence-corrected chi connectivity index (χ1v) is 5.48. The Kier molecular flexibility index (Phi) is 5.36. The molecule has 0 aliphatic rings. The molecule has 1 heterocycles. The number of ether oxygens (including phenoxy) is 1. The summed E-state index contributed by atoms with van der Waals surface area (Å²) in [6, 6.07) is 2.40.